The highest BCUT2D eigenvalue weighted by molar-refractivity contribution is 8.04. The van der Waals surface area contributed by atoms with E-state index in [-0.39, 0.29) is 5.91 Å². The van der Waals surface area contributed by atoms with E-state index in [2.05, 4.69) is 0 Å². The number of hydrogen-bond acceptors (Lipinski definition) is 3. The van der Waals surface area contributed by atoms with Crippen LogP contribution in [0.5, 0.6) is 0 Å². The lowest BCUT2D eigenvalue weighted by molar-refractivity contribution is -0.163. The zero-order valence-electron chi connectivity index (χ0n) is 7.37. The summed E-state index contributed by atoms with van der Waals surface area (Å²) in [6, 6.07) is 0. The van der Waals surface area contributed by atoms with Crippen molar-refractivity contribution in [3.8, 4) is 0 Å². The fraction of sp³-hybridized carbons (Fsp3) is 0.625. The quantitative estimate of drug-likeness (QED) is 0.612. The van der Waals surface area contributed by atoms with Crippen molar-refractivity contribution >= 4 is 17.7 Å². The summed E-state index contributed by atoms with van der Waals surface area (Å²) in [4.78, 5) is 17.0. The minimum Gasteiger partial charge on any atom is -0.274 e. The molecule has 3 nitrogen and oxygen atoms in total. The summed E-state index contributed by atoms with van der Waals surface area (Å²) >= 11 is 1.60. The molecule has 12 heavy (non-hydrogen) atoms. The predicted octanol–water partition coefficient (Wildman–Crippen LogP) is 1.42. The average Bonchev–Trinajstić information content (AvgIpc) is 2.17. The number of allylic oxidation sites excluding steroid dienone is 1. The molecular formula is C8H13NO2S. The molecule has 1 rings (SSSR count). The van der Waals surface area contributed by atoms with E-state index in [1.165, 1.54) is 12.2 Å². The molecule has 1 heterocycles. The average molecular weight is 187 g/mol. The Bertz CT molecular complexity index is 203. The summed E-state index contributed by atoms with van der Waals surface area (Å²) in [5.41, 5.74) is 0. The minimum atomic E-state index is -0.0396. The number of hydrogen-bond donors (Lipinski definition) is 0. The largest absolute Gasteiger partial charge is 0.283 e. The van der Waals surface area contributed by atoms with E-state index in [1.54, 1.807) is 18.8 Å². The smallest absolute Gasteiger partial charge is 0.274 e. The van der Waals surface area contributed by atoms with Crippen LogP contribution in [0.2, 0.25) is 0 Å². The highest BCUT2D eigenvalue weighted by atomic mass is 32.2. The molecule has 1 aliphatic rings. The van der Waals surface area contributed by atoms with Crippen LogP contribution in [0.4, 0.5) is 0 Å². The van der Waals surface area contributed by atoms with Gasteiger partial charge in [0.05, 0.1) is 12.0 Å². The van der Waals surface area contributed by atoms with Gasteiger partial charge in [0.1, 0.15) is 0 Å². The van der Waals surface area contributed by atoms with Crippen molar-refractivity contribution in [1.82, 2.24) is 5.06 Å². The molecule has 4 heteroatoms. The van der Waals surface area contributed by atoms with Crippen LogP contribution in [-0.4, -0.2) is 30.9 Å². The molecule has 1 amide bonds. The third-order valence-corrected chi connectivity index (χ3v) is 2.85. The van der Waals surface area contributed by atoms with Crippen LogP contribution in [0.3, 0.4) is 0 Å². The zero-order chi connectivity index (χ0) is 8.97. The Hall–Kier alpha value is -0.480. The molecule has 0 aliphatic carbocycles. The normalized spacial score (nSPS) is 17.0. The van der Waals surface area contributed by atoms with E-state index in [4.69, 9.17) is 4.84 Å². The first-order valence-corrected chi connectivity index (χ1v) is 4.89. The van der Waals surface area contributed by atoms with Crippen molar-refractivity contribution in [2.45, 2.75) is 12.8 Å². The van der Waals surface area contributed by atoms with Crippen molar-refractivity contribution in [1.29, 1.82) is 0 Å². The molecule has 0 unspecified atom stereocenters. The number of amides is 1. The van der Waals surface area contributed by atoms with E-state index in [9.17, 15) is 4.79 Å². The topological polar surface area (TPSA) is 29.5 Å². The van der Waals surface area contributed by atoms with Crippen molar-refractivity contribution in [2.24, 2.45) is 0 Å². The number of likely N-dealkylation sites (N-methyl/N-ethyl adjacent to an activating group) is 1. The van der Waals surface area contributed by atoms with Gasteiger partial charge in [0, 0.05) is 7.05 Å². The molecule has 0 fully saturated rings. The number of rotatable bonds is 2. The highest BCUT2D eigenvalue weighted by Gasteiger charge is 2.16. The highest BCUT2D eigenvalue weighted by Crippen LogP contribution is 2.24. The Balaban J connectivity index is 2.56. The molecule has 0 bridgehead atoms. The second kappa shape index (κ2) is 4.52. The first-order valence-electron chi connectivity index (χ1n) is 3.91. The first kappa shape index (κ1) is 9.61. The van der Waals surface area contributed by atoms with Crippen LogP contribution >= 0.6 is 11.8 Å². The van der Waals surface area contributed by atoms with Gasteiger partial charge in [-0.25, -0.2) is 5.06 Å². The van der Waals surface area contributed by atoms with Gasteiger partial charge in [-0.05, 0) is 18.6 Å². The van der Waals surface area contributed by atoms with Crippen LogP contribution in [0.25, 0.3) is 0 Å². The lowest BCUT2D eigenvalue weighted by atomic mass is 10.3. The summed E-state index contributed by atoms with van der Waals surface area (Å²) < 4.78 is 0. The van der Waals surface area contributed by atoms with E-state index >= 15 is 0 Å². The Morgan fingerprint density at radius 2 is 2.50 bits per heavy atom. The summed E-state index contributed by atoms with van der Waals surface area (Å²) in [7, 11) is 3.12. The van der Waals surface area contributed by atoms with Crippen LogP contribution in [0.1, 0.15) is 12.8 Å². The zero-order valence-corrected chi connectivity index (χ0v) is 8.19. The summed E-state index contributed by atoms with van der Waals surface area (Å²) in [5, 5.41) is 1.25. The number of nitrogens with zero attached hydrogens (tertiary/aromatic N) is 1. The molecule has 0 N–H and O–H groups in total. The van der Waals surface area contributed by atoms with Crippen molar-refractivity contribution in [2.75, 3.05) is 19.9 Å². The molecule has 0 saturated carbocycles. The predicted molar refractivity (Wildman–Crippen MR) is 49.6 cm³/mol. The molecular weight excluding hydrogens is 174 g/mol. The summed E-state index contributed by atoms with van der Waals surface area (Å²) in [6.45, 7) is 0. The molecule has 0 saturated heterocycles. The van der Waals surface area contributed by atoms with Crippen molar-refractivity contribution < 1.29 is 9.63 Å². The minimum absolute atomic E-state index is 0.0396. The van der Waals surface area contributed by atoms with Gasteiger partial charge >= 0.3 is 0 Å². The molecule has 0 spiro atoms. The van der Waals surface area contributed by atoms with Gasteiger partial charge in [0.2, 0.25) is 0 Å². The second-order valence-corrected chi connectivity index (χ2v) is 3.68. The van der Waals surface area contributed by atoms with Crippen molar-refractivity contribution in [3.63, 3.8) is 0 Å². The van der Waals surface area contributed by atoms with Gasteiger partial charge in [0.25, 0.3) is 5.91 Å². The van der Waals surface area contributed by atoms with E-state index in [0.29, 0.717) is 0 Å². The van der Waals surface area contributed by atoms with Crippen LogP contribution < -0.4 is 0 Å². The fourth-order valence-corrected chi connectivity index (χ4v) is 1.96. The Labute approximate surface area is 76.7 Å². The number of carbonyl (C=O) groups excluding carboxylic acids is 1. The number of carbonyl (C=O) groups is 1. The molecule has 68 valence electrons. The molecule has 0 radical (unpaired) electrons. The lowest BCUT2D eigenvalue weighted by Gasteiger charge is -2.17. The van der Waals surface area contributed by atoms with Gasteiger partial charge < -0.3 is 0 Å². The van der Waals surface area contributed by atoms with Gasteiger partial charge in [-0.2, -0.15) is 0 Å². The number of thioether (sulfide) groups is 1. The van der Waals surface area contributed by atoms with Crippen LogP contribution in [0.15, 0.2) is 11.0 Å². The second-order valence-electron chi connectivity index (χ2n) is 2.54. The molecule has 1 aliphatic heterocycles. The van der Waals surface area contributed by atoms with Crippen LogP contribution in [-0.2, 0) is 9.63 Å². The van der Waals surface area contributed by atoms with Crippen LogP contribution in [0, 0.1) is 0 Å². The SMILES string of the molecule is CON(C)C(=O)C1=CCCCS1. The summed E-state index contributed by atoms with van der Waals surface area (Å²) in [5.74, 6) is 0.997. The summed E-state index contributed by atoms with van der Waals surface area (Å²) in [6.07, 6.45) is 4.15. The van der Waals surface area contributed by atoms with E-state index in [0.717, 1.165) is 23.5 Å². The lowest BCUT2D eigenvalue weighted by Crippen LogP contribution is -2.26. The van der Waals surface area contributed by atoms with Crippen molar-refractivity contribution in [3.05, 3.63) is 11.0 Å². The monoisotopic (exact) mass is 187 g/mol. The van der Waals surface area contributed by atoms with Gasteiger partial charge in [-0.3, -0.25) is 9.63 Å². The third kappa shape index (κ3) is 2.25. The Morgan fingerprint density at radius 3 is 3.00 bits per heavy atom. The molecule has 0 atom stereocenters. The van der Waals surface area contributed by atoms with E-state index in [1.807, 2.05) is 6.08 Å². The molecule has 0 aromatic rings. The van der Waals surface area contributed by atoms with Gasteiger partial charge in [-0.1, -0.05) is 6.08 Å². The Morgan fingerprint density at radius 1 is 1.75 bits per heavy atom. The third-order valence-electron chi connectivity index (χ3n) is 1.71. The van der Waals surface area contributed by atoms with E-state index < -0.39 is 0 Å². The maximum absolute atomic E-state index is 11.4. The Kier molecular flexibility index (Phi) is 3.62. The van der Waals surface area contributed by atoms with Gasteiger partial charge in [-0.15, -0.1) is 11.8 Å². The maximum Gasteiger partial charge on any atom is 0.283 e. The standard InChI is InChI=1S/C8H13NO2S/c1-9(11-2)8(10)7-5-3-4-6-12-7/h5H,3-4,6H2,1-2H3. The molecule has 0 aromatic heterocycles. The number of hydroxylamine groups is 2. The molecule has 0 aromatic carbocycles. The first-order chi connectivity index (χ1) is 5.75. The fourth-order valence-electron chi connectivity index (χ4n) is 0.945. The van der Waals surface area contributed by atoms with Gasteiger partial charge in [0.15, 0.2) is 0 Å². The maximum atomic E-state index is 11.4.